The molecule has 1 aliphatic heterocycles. The maximum atomic E-state index is 13.4. The summed E-state index contributed by atoms with van der Waals surface area (Å²) < 4.78 is 0. The number of carbonyl (C=O) groups is 2. The molecule has 0 aromatic carbocycles. The third-order valence-electron chi connectivity index (χ3n) is 11.0. The van der Waals surface area contributed by atoms with Crippen molar-refractivity contribution in [2.24, 2.45) is 45.3 Å². The number of carbonyl (C=O) groups excluding carboxylic acids is 2. The van der Waals surface area contributed by atoms with E-state index in [2.05, 4.69) is 59.9 Å². The van der Waals surface area contributed by atoms with E-state index < -0.39 is 0 Å². The summed E-state index contributed by atoms with van der Waals surface area (Å²) in [5, 5.41) is 3.36. The first-order valence-corrected chi connectivity index (χ1v) is 14.9. The zero-order valence-electron chi connectivity index (χ0n) is 24.6. The van der Waals surface area contributed by atoms with Crippen LogP contribution in [0.15, 0.2) is 12.2 Å². The first-order chi connectivity index (χ1) is 16.7. The van der Waals surface area contributed by atoms with Gasteiger partial charge in [0.2, 0.25) is 11.8 Å². The van der Waals surface area contributed by atoms with Gasteiger partial charge in [-0.3, -0.25) is 9.59 Å². The van der Waals surface area contributed by atoms with Crippen LogP contribution >= 0.6 is 0 Å². The van der Waals surface area contributed by atoms with Crippen molar-refractivity contribution in [3.8, 4) is 0 Å². The van der Waals surface area contributed by atoms with Crippen molar-refractivity contribution in [3.63, 3.8) is 0 Å². The second kappa shape index (κ2) is 9.77. The van der Waals surface area contributed by atoms with E-state index in [-0.39, 0.29) is 22.7 Å². The van der Waals surface area contributed by atoms with E-state index >= 15 is 0 Å². The Morgan fingerprint density at radius 1 is 1.03 bits per heavy atom. The Kier molecular flexibility index (Phi) is 7.52. The van der Waals surface area contributed by atoms with Gasteiger partial charge in [-0.15, -0.1) is 0 Å². The van der Waals surface area contributed by atoms with E-state index in [1.807, 2.05) is 18.0 Å². The summed E-state index contributed by atoms with van der Waals surface area (Å²) in [5.74, 6) is 2.58. The highest BCUT2D eigenvalue weighted by Gasteiger charge is 2.61. The molecular formula is C32H54N2O2. The molecule has 3 fully saturated rings. The topological polar surface area (TPSA) is 49.4 Å². The molecule has 3 aliphatic carbocycles. The normalized spacial score (nSPS) is 38.4. The highest BCUT2D eigenvalue weighted by Crippen LogP contribution is 2.65. The molecule has 0 aromatic rings. The van der Waals surface area contributed by atoms with Crippen LogP contribution in [0.25, 0.3) is 0 Å². The molecule has 2 amide bonds. The molecule has 4 nitrogen and oxygen atoms in total. The molecule has 0 radical (unpaired) electrons. The molecule has 4 heteroatoms. The van der Waals surface area contributed by atoms with Crippen LogP contribution < -0.4 is 5.32 Å². The molecule has 4 aliphatic rings. The molecule has 1 N–H and O–H groups in total. The summed E-state index contributed by atoms with van der Waals surface area (Å²) in [6.07, 6.45) is 15.7. The molecule has 0 spiro atoms. The fraction of sp³-hybridized carbons (Fsp3) is 0.875. The van der Waals surface area contributed by atoms with Crippen LogP contribution in [0.3, 0.4) is 0 Å². The van der Waals surface area contributed by atoms with Crippen LogP contribution in [0.2, 0.25) is 0 Å². The predicted molar refractivity (Wildman–Crippen MR) is 148 cm³/mol. The highest BCUT2D eigenvalue weighted by atomic mass is 16.2. The van der Waals surface area contributed by atoms with Gasteiger partial charge >= 0.3 is 0 Å². The molecule has 1 heterocycles. The Morgan fingerprint density at radius 2 is 1.75 bits per heavy atom. The Morgan fingerprint density at radius 3 is 2.44 bits per heavy atom. The van der Waals surface area contributed by atoms with Crippen LogP contribution in [0.5, 0.6) is 0 Å². The minimum absolute atomic E-state index is 0.0774. The Labute approximate surface area is 221 Å². The van der Waals surface area contributed by atoms with Crippen molar-refractivity contribution in [2.45, 2.75) is 119 Å². The van der Waals surface area contributed by atoms with Gasteiger partial charge in [0, 0.05) is 31.0 Å². The van der Waals surface area contributed by atoms with Gasteiger partial charge in [-0.1, -0.05) is 61.0 Å². The maximum absolute atomic E-state index is 13.4. The molecule has 0 saturated heterocycles. The van der Waals surface area contributed by atoms with Crippen molar-refractivity contribution in [3.05, 3.63) is 12.2 Å². The molecule has 2 unspecified atom stereocenters. The van der Waals surface area contributed by atoms with Gasteiger partial charge < -0.3 is 10.2 Å². The molecular weight excluding hydrogens is 444 g/mol. The number of unbranched alkanes of at least 4 members (excludes halogenated alkanes) is 1. The van der Waals surface area contributed by atoms with Crippen LogP contribution in [-0.2, 0) is 9.59 Å². The average Bonchev–Trinajstić information content (AvgIpc) is 3.12. The maximum Gasteiger partial charge on any atom is 0.246 e. The number of amides is 2. The van der Waals surface area contributed by atoms with Gasteiger partial charge in [0.15, 0.2) is 0 Å². The van der Waals surface area contributed by atoms with Gasteiger partial charge in [-0.05, 0) is 97.9 Å². The van der Waals surface area contributed by atoms with Crippen LogP contribution in [0, 0.1) is 45.3 Å². The lowest BCUT2D eigenvalue weighted by Gasteiger charge is -2.60. The minimum atomic E-state index is 0.0774. The van der Waals surface area contributed by atoms with Gasteiger partial charge in [0.25, 0.3) is 0 Å². The molecule has 4 rings (SSSR count). The third kappa shape index (κ3) is 5.17. The lowest BCUT2D eigenvalue weighted by Crippen LogP contribution is -2.59. The van der Waals surface area contributed by atoms with Gasteiger partial charge in [-0.2, -0.15) is 0 Å². The zero-order valence-corrected chi connectivity index (χ0v) is 24.6. The highest BCUT2D eigenvalue weighted by molar-refractivity contribution is 5.89. The van der Waals surface area contributed by atoms with Crippen molar-refractivity contribution in [1.82, 2.24) is 10.2 Å². The number of hydrogen-bond donors (Lipinski definition) is 1. The summed E-state index contributed by atoms with van der Waals surface area (Å²) in [6.45, 7) is 17.4. The van der Waals surface area contributed by atoms with Crippen LogP contribution in [-0.4, -0.2) is 36.3 Å². The first-order valence-electron chi connectivity index (χ1n) is 14.9. The van der Waals surface area contributed by atoms with Crippen molar-refractivity contribution < 1.29 is 9.59 Å². The third-order valence-corrected chi connectivity index (χ3v) is 11.0. The van der Waals surface area contributed by atoms with E-state index in [4.69, 9.17) is 0 Å². The number of nitrogens with one attached hydrogen (secondary N) is 1. The van der Waals surface area contributed by atoms with E-state index in [9.17, 15) is 9.59 Å². The van der Waals surface area contributed by atoms with E-state index in [0.717, 1.165) is 32.2 Å². The van der Waals surface area contributed by atoms with Crippen molar-refractivity contribution >= 4 is 11.8 Å². The Bertz CT molecular complexity index is 870. The number of fused-ring (bicyclic) bond motifs is 5. The number of nitrogens with zero attached hydrogens (tertiary/aromatic N) is 1. The molecule has 0 bridgehead atoms. The number of rotatable bonds is 7. The Hall–Kier alpha value is -1.32. The molecule has 3 saturated carbocycles. The lowest BCUT2D eigenvalue weighted by molar-refractivity contribution is -0.142. The fourth-order valence-electron chi connectivity index (χ4n) is 9.76. The van der Waals surface area contributed by atoms with Crippen LogP contribution in [0.4, 0.5) is 0 Å². The van der Waals surface area contributed by atoms with E-state index in [1.165, 1.54) is 38.5 Å². The van der Waals surface area contributed by atoms with E-state index in [0.29, 0.717) is 40.5 Å². The first kappa shape index (κ1) is 27.7. The molecule has 36 heavy (non-hydrogen) atoms. The largest absolute Gasteiger partial charge is 0.356 e. The Balaban J connectivity index is 1.32. The quantitative estimate of drug-likeness (QED) is 0.385. The monoisotopic (exact) mass is 498 g/mol. The van der Waals surface area contributed by atoms with Crippen LogP contribution in [0.1, 0.15) is 113 Å². The summed E-state index contributed by atoms with van der Waals surface area (Å²) in [7, 11) is 1.99. The summed E-state index contributed by atoms with van der Waals surface area (Å²) in [6, 6.07) is 0.328. The predicted octanol–water partition coefficient (Wildman–Crippen LogP) is 6.99. The summed E-state index contributed by atoms with van der Waals surface area (Å²) >= 11 is 0. The molecule has 0 aromatic heterocycles. The van der Waals surface area contributed by atoms with Gasteiger partial charge in [-0.25, -0.2) is 0 Å². The smallest absolute Gasteiger partial charge is 0.246 e. The van der Waals surface area contributed by atoms with E-state index in [1.54, 1.807) is 0 Å². The minimum Gasteiger partial charge on any atom is -0.356 e. The number of hydrogen-bond acceptors (Lipinski definition) is 2. The van der Waals surface area contributed by atoms with Gasteiger partial charge in [0.05, 0.1) is 0 Å². The standard InChI is InChI=1S/C32H54N2O2/c1-29(2,3)21-30(4,5)17-9-10-20-33-28(36)25-13-12-23-22-11-14-26-32(7,19-16-27(35)34(26)8)24(22)15-18-31(23,25)6/h16,19,22-26H,9-15,17-18,20-21H2,1-8H3,(H,33,36)/t22-,23-,24+,25?,26?,31-,32+/m0/s1. The fourth-order valence-corrected chi connectivity index (χ4v) is 9.76. The lowest BCUT2D eigenvalue weighted by atomic mass is 9.47. The zero-order chi connectivity index (χ0) is 26.5. The van der Waals surface area contributed by atoms with Gasteiger partial charge in [0.1, 0.15) is 0 Å². The van der Waals surface area contributed by atoms with Crippen molar-refractivity contribution in [2.75, 3.05) is 13.6 Å². The van der Waals surface area contributed by atoms with Crippen molar-refractivity contribution in [1.29, 1.82) is 0 Å². The molecule has 204 valence electrons. The average molecular weight is 499 g/mol. The summed E-state index contributed by atoms with van der Waals surface area (Å²) in [4.78, 5) is 27.7. The number of likely N-dealkylation sites (N-methyl/N-ethyl adjacent to an activating group) is 1. The summed E-state index contributed by atoms with van der Waals surface area (Å²) in [5.41, 5.74) is 0.929. The second-order valence-electron chi connectivity index (χ2n) is 15.4. The SMILES string of the molecule is CN1C(=O)C=C[C@@]2(C)C1CC[C@@H]1[C@H]2CC[C@]2(C)C(C(=O)NCCCCC(C)(C)CC(C)(C)C)CC[C@@H]12. The second-order valence-corrected chi connectivity index (χ2v) is 15.4. The molecule has 7 atom stereocenters.